The van der Waals surface area contributed by atoms with Crippen LogP contribution in [-0.4, -0.2) is 85.8 Å². The van der Waals surface area contributed by atoms with Crippen LogP contribution < -0.4 is 10.6 Å². The summed E-state index contributed by atoms with van der Waals surface area (Å²) in [6, 6.07) is 29.1. The van der Waals surface area contributed by atoms with Crippen molar-refractivity contribution in [3.63, 3.8) is 0 Å². The third-order valence-electron chi connectivity index (χ3n) is 10.7. The number of esters is 3. The second kappa shape index (κ2) is 20.0. The van der Waals surface area contributed by atoms with Gasteiger partial charge < -0.3 is 39.4 Å². The van der Waals surface area contributed by atoms with Crippen LogP contribution in [0.25, 0.3) is 22.3 Å². The average Bonchev–Trinajstić information content (AvgIpc) is 3.75. The molecule has 14 heteroatoms. The molecule has 3 atom stereocenters. The molecule has 4 aromatic carbocycles. The van der Waals surface area contributed by atoms with E-state index in [9.17, 15) is 28.8 Å². The maximum atomic E-state index is 13.6. The van der Waals surface area contributed by atoms with Crippen molar-refractivity contribution in [2.24, 2.45) is 11.8 Å². The molecule has 1 unspecified atom stereocenters. The van der Waals surface area contributed by atoms with Crippen molar-refractivity contribution in [3.8, 4) is 22.3 Å². The van der Waals surface area contributed by atoms with E-state index in [0.29, 0.717) is 0 Å². The van der Waals surface area contributed by atoms with Gasteiger partial charge in [-0.2, -0.15) is 0 Å². The van der Waals surface area contributed by atoms with Gasteiger partial charge >= 0.3 is 36.1 Å². The Morgan fingerprint density at radius 1 is 0.525 bits per heavy atom. The fourth-order valence-corrected chi connectivity index (χ4v) is 7.62. The number of ether oxygens (including phenoxy) is 5. The number of carboxylic acids is 1. The fraction of sp³-hybridized carbons (Fsp3) is 0.362. The summed E-state index contributed by atoms with van der Waals surface area (Å²) in [7, 11) is 0. The van der Waals surface area contributed by atoms with Crippen LogP contribution in [0.4, 0.5) is 9.59 Å². The molecule has 2 amide bonds. The molecule has 0 aliphatic heterocycles. The van der Waals surface area contributed by atoms with Crippen LogP contribution in [-0.2, 0) is 42.9 Å². The minimum absolute atomic E-state index is 0.00564. The van der Waals surface area contributed by atoms with Gasteiger partial charge in [-0.05, 0) is 56.3 Å². The molecule has 6 rings (SSSR count). The lowest BCUT2D eigenvalue weighted by Crippen LogP contribution is -2.48. The van der Waals surface area contributed by atoms with E-state index in [1.54, 1.807) is 27.7 Å². The Kier molecular flexibility index (Phi) is 14.4. The maximum absolute atomic E-state index is 13.6. The van der Waals surface area contributed by atoms with Crippen LogP contribution in [0.5, 0.6) is 0 Å². The minimum atomic E-state index is -1.38. The SMILES string of the molecule is CC(C)[C@H](NC(=O)OCC1c2ccccc2-c2ccccc21)C(=O)OCC(COC(=O)CCC(=O)O)OC(=O)[C@@H](NC(=O)OCC1c2ccccc2-c2ccccc21)C(C)C. The number of benzene rings is 4. The van der Waals surface area contributed by atoms with Gasteiger partial charge in [-0.25, -0.2) is 19.2 Å². The topological polar surface area (TPSA) is 193 Å². The third kappa shape index (κ3) is 10.7. The van der Waals surface area contributed by atoms with E-state index in [4.69, 9.17) is 28.8 Å². The largest absolute Gasteiger partial charge is 0.481 e. The first kappa shape index (κ1) is 43.9. The van der Waals surface area contributed by atoms with Crippen molar-refractivity contribution in [1.82, 2.24) is 10.6 Å². The lowest BCUT2D eigenvalue weighted by Gasteiger charge is -2.26. The van der Waals surface area contributed by atoms with Crippen LogP contribution in [0, 0.1) is 11.8 Å². The van der Waals surface area contributed by atoms with Gasteiger partial charge in [0.25, 0.3) is 0 Å². The summed E-state index contributed by atoms with van der Waals surface area (Å²) in [5.41, 5.74) is 8.30. The first-order chi connectivity index (χ1) is 29.3. The molecular formula is C47H50N2O12. The Hall–Kier alpha value is -6.70. The molecule has 0 saturated carbocycles. The molecule has 0 radical (unpaired) electrons. The van der Waals surface area contributed by atoms with Crippen LogP contribution in [0.2, 0.25) is 0 Å². The number of fused-ring (bicyclic) bond motifs is 6. The molecule has 4 aromatic rings. The normalized spacial score (nSPS) is 14.1. The Bertz CT molecular complexity index is 2160. The van der Waals surface area contributed by atoms with Gasteiger partial charge in [0, 0.05) is 11.8 Å². The summed E-state index contributed by atoms with van der Waals surface area (Å²) < 4.78 is 27.7. The fourth-order valence-electron chi connectivity index (χ4n) is 7.62. The number of carboxylic acid groups (broad SMARTS) is 1. The van der Waals surface area contributed by atoms with Crippen molar-refractivity contribution in [2.45, 2.75) is 70.6 Å². The summed E-state index contributed by atoms with van der Waals surface area (Å²) in [4.78, 5) is 76.7. The van der Waals surface area contributed by atoms with E-state index in [1.165, 1.54) is 0 Å². The van der Waals surface area contributed by atoms with Crippen LogP contribution in [0.15, 0.2) is 97.1 Å². The Balaban J connectivity index is 1.06. The molecule has 0 spiro atoms. The third-order valence-corrected chi connectivity index (χ3v) is 10.7. The quantitative estimate of drug-likeness (QED) is 0.0690. The number of nitrogens with one attached hydrogen (secondary N) is 2. The standard InChI is InChI=1S/C47H50N2O12/c1-27(2)42(48-46(55)59-25-38-34-17-9-5-13-30(34)31-14-6-10-18-35(31)38)44(53)58-24-29(23-57-41(52)22-21-40(50)51)61-45(54)43(28(3)4)49-47(56)60-26-39-36-19-11-7-15-32(36)33-16-8-12-20-37(33)39/h5-20,27-29,38-39,42-43H,21-26H2,1-4H3,(H,48,55)(H,49,56)(H,50,51)/t29?,42-,43-/m0/s1. The highest BCUT2D eigenvalue weighted by Gasteiger charge is 2.34. The van der Waals surface area contributed by atoms with Gasteiger partial charge in [0.2, 0.25) is 0 Å². The number of carbonyl (C=O) groups excluding carboxylic acids is 5. The molecule has 61 heavy (non-hydrogen) atoms. The van der Waals surface area contributed by atoms with Gasteiger partial charge in [0.05, 0.1) is 12.8 Å². The Morgan fingerprint density at radius 2 is 0.902 bits per heavy atom. The average molecular weight is 835 g/mol. The number of hydrogen-bond acceptors (Lipinski definition) is 11. The molecule has 3 N–H and O–H groups in total. The van der Waals surface area contributed by atoms with Crippen molar-refractivity contribution >= 4 is 36.1 Å². The summed E-state index contributed by atoms with van der Waals surface area (Å²) >= 11 is 0. The summed E-state index contributed by atoms with van der Waals surface area (Å²) in [6.07, 6.45) is -4.02. The molecule has 0 aromatic heterocycles. The number of amides is 2. The first-order valence-corrected chi connectivity index (χ1v) is 20.3. The zero-order chi connectivity index (χ0) is 43.6. The van der Waals surface area contributed by atoms with Crippen molar-refractivity contribution in [1.29, 1.82) is 0 Å². The summed E-state index contributed by atoms with van der Waals surface area (Å²) in [6.45, 7) is 5.57. The minimum Gasteiger partial charge on any atom is -0.481 e. The number of rotatable bonds is 18. The molecule has 0 bridgehead atoms. The highest BCUT2D eigenvalue weighted by molar-refractivity contribution is 5.84. The van der Waals surface area contributed by atoms with Crippen LogP contribution >= 0.6 is 0 Å². The van der Waals surface area contributed by atoms with Crippen molar-refractivity contribution < 1.29 is 57.6 Å². The van der Waals surface area contributed by atoms with Crippen molar-refractivity contribution in [3.05, 3.63) is 119 Å². The maximum Gasteiger partial charge on any atom is 0.407 e. The van der Waals surface area contributed by atoms with Gasteiger partial charge in [-0.15, -0.1) is 0 Å². The smallest absolute Gasteiger partial charge is 0.407 e. The zero-order valence-electron chi connectivity index (χ0n) is 34.5. The Labute approximate surface area is 353 Å². The van der Waals surface area contributed by atoms with E-state index >= 15 is 0 Å². The van der Waals surface area contributed by atoms with E-state index in [1.807, 2.05) is 97.1 Å². The lowest BCUT2D eigenvalue weighted by molar-refractivity contribution is -0.170. The molecule has 320 valence electrons. The van der Waals surface area contributed by atoms with Gasteiger partial charge in [-0.1, -0.05) is 125 Å². The molecule has 0 saturated heterocycles. The molecular weight excluding hydrogens is 785 g/mol. The monoisotopic (exact) mass is 834 g/mol. The van der Waals surface area contributed by atoms with Crippen molar-refractivity contribution in [2.75, 3.05) is 26.4 Å². The zero-order valence-corrected chi connectivity index (χ0v) is 34.5. The highest BCUT2D eigenvalue weighted by atomic mass is 16.6. The molecule has 2 aliphatic rings. The number of alkyl carbamates (subject to hydrolysis) is 2. The van der Waals surface area contributed by atoms with E-state index < -0.39 is 92.1 Å². The lowest BCUT2D eigenvalue weighted by atomic mass is 9.98. The molecule has 14 nitrogen and oxygen atoms in total. The summed E-state index contributed by atoms with van der Waals surface area (Å²) in [5.74, 6) is -5.28. The van der Waals surface area contributed by atoms with Crippen LogP contribution in [0.1, 0.15) is 74.6 Å². The second-order valence-corrected chi connectivity index (χ2v) is 15.6. The second-order valence-electron chi connectivity index (χ2n) is 15.6. The first-order valence-electron chi connectivity index (χ1n) is 20.3. The van der Waals surface area contributed by atoms with Gasteiger partial charge in [0.1, 0.15) is 38.5 Å². The predicted molar refractivity (Wildman–Crippen MR) is 222 cm³/mol. The number of carbonyl (C=O) groups is 6. The summed E-state index contributed by atoms with van der Waals surface area (Å²) in [5, 5.41) is 14.1. The van der Waals surface area contributed by atoms with E-state index in [2.05, 4.69) is 10.6 Å². The number of aliphatic carboxylic acids is 1. The van der Waals surface area contributed by atoms with Gasteiger partial charge in [0.15, 0.2) is 6.10 Å². The highest BCUT2D eigenvalue weighted by Crippen LogP contribution is 2.45. The van der Waals surface area contributed by atoms with Gasteiger partial charge in [-0.3, -0.25) is 9.59 Å². The predicted octanol–water partition coefficient (Wildman–Crippen LogP) is 6.98. The van der Waals surface area contributed by atoms with E-state index in [0.717, 1.165) is 44.5 Å². The molecule has 2 aliphatic carbocycles. The molecule has 0 heterocycles. The number of hydrogen-bond donors (Lipinski definition) is 3. The Morgan fingerprint density at radius 3 is 1.30 bits per heavy atom. The van der Waals surface area contributed by atoms with E-state index in [-0.39, 0.29) is 25.0 Å². The molecule has 0 fully saturated rings. The van der Waals surface area contributed by atoms with Crippen LogP contribution in [0.3, 0.4) is 0 Å².